The molecule has 3 aromatic rings. The smallest absolute Gasteiger partial charge is 0.291 e. The van der Waals surface area contributed by atoms with Crippen molar-refractivity contribution in [1.29, 1.82) is 0 Å². The SMILES string of the molecule is Cc1ncccc1C(=O)NCC(F)(F)c1ccc(-c2ccc(Cl)nc2)cc1Cl. The topological polar surface area (TPSA) is 54.9 Å². The molecule has 0 aliphatic rings. The molecule has 2 heterocycles. The van der Waals surface area contributed by atoms with Gasteiger partial charge in [-0.15, -0.1) is 0 Å². The molecular weight excluding hydrogens is 407 g/mol. The van der Waals surface area contributed by atoms with Crippen LogP contribution in [0.4, 0.5) is 8.78 Å². The predicted octanol–water partition coefficient (Wildman–Crippen LogP) is 5.28. The fraction of sp³-hybridized carbons (Fsp3) is 0.150. The first-order valence-corrected chi connectivity index (χ1v) is 9.03. The van der Waals surface area contributed by atoms with Crippen molar-refractivity contribution in [1.82, 2.24) is 15.3 Å². The molecular formula is C20H15Cl2F2N3O. The second-order valence-corrected chi connectivity index (χ2v) is 6.88. The second-order valence-electron chi connectivity index (χ2n) is 6.09. The van der Waals surface area contributed by atoms with Gasteiger partial charge in [-0.05, 0) is 42.8 Å². The van der Waals surface area contributed by atoms with E-state index in [0.29, 0.717) is 22.0 Å². The van der Waals surface area contributed by atoms with Gasteiger partial charge in [-0.2, -0.15) is 8.78 Å². The number of carbonyl (C=O) groups excluding carboxylic acids is 1. The first kappa shape index (κ1) is 20.2. The van der Waals surface area contributed by atoms with Crippen molar-refractivity contribution in [2.45, 2.75) is 12.8 Å². The van der Waals surface area contributed by atoms with E-state index in [4.69, 9.17) is 23.2 Å². The Labute approximate surface area is 170 Å². The molecule has 4 nitrogen and oxygen atoms in total. The van der Waals surface area contributed by atoms with Crippen molar-refractivity contribution in [3.05, 3.63) is 81.9 Å². The van der Waals surface area contributed by atoms with Crippen LogP contribution >= 0.6 is 23.2 Å². The van der Waals surface area contributed by atoms with E-state index in [2.05, 4.69) is 15.3 Å². The lowest BCUT2D eigenvalue weighted by molar-refractivity contribution is -0.00236. The first-order valence-electron chi connectivity index (χ1n) is 8.27. The van der Waals surface area contributed by atoms with Crippen molar-refractivity contribution in [3.8, 4) is 11.1 Å². The highest BCUT2D eigenvalue weighted by Gasteiger charge is 2.34. The van der Waals surface area contributed by atoms with Crippen molar-refractivity contribution >= 4 is 29.1 Å². The van der Waals surface area contributed by atoms with E-state index in [1.165, 1.54) is 36.7 Å². The largest absolute Gasteiger partial charge is 0.346 e. The Morgan fingerprint density at radius 2 is 1.86 bits per heavy atom. The summed E-state index contributed by atoms with van der Waals surface area (Å²) in [5.41, 5.74) is 1.66. The maximum absolute atomic E-state index is 14.6. The second kappa shape index (κ2) is 8.20. The Balaban J connectivity index is 1.77. The molecule has 0 saturated heterocycles. The van der Waals surface area contributed by atoms with E-state index < -0.39 is 18.4 Å². The molecule has 2 aromatic heterocycles. The maximum Gasteiger partial charge on any atom is 0.291 e. The monoisotopic (exact) mass is 421 g/mol. The van der Waals surface area contributed by atoms with Crippen LogP contribution in [0.3, 0.4) is 0 Å². The highest BCUT2D eigenvalue weighted by atomic mass is 35.5. The summed E-state index contributed by atoms with van der Waals surface area (Å²) in [6.07, 6.45) is 3.06. The number of rotatable bonds is 5. The Kier molecular flexibility index (Phi) is 5.91. The standard InChI is InChI=1S/C20H15Cl2F2N3O/c1-12-15(3-2-8-25-12)19(28)27-11-20(23,24)16-6-4-13(9-17(16)21)14-5-7-18(22)26-10-14/h2-10H,11H2,1H3,(H,27,28). The van der Waals surface area contributed by atoms with Crippen molar-refractivity contribution in [2.24, 2.45) is 0 Å². The summed E-state index contributed by atoms with van der Waals surface area (Å²) < 4.78 is 29.3. The van der Waals surface area contributed by atoms with Gasteiger partial charge in [0, 0.05) is 29.2 Å². The fourth-order valence-electron chi connectivity index (χ4n) is 2.64. The number of aryl methyl sites for hydroxylation is 1. The van der Waals surface area contributed by atoms with Gasteiger partial charge in [-0.25, -0.2) is 4.98 Å². The molecule has 1 amide bonds. The number of benzene rings is 1. The van der Waals surface area contributed by atoms with E-state index in [1.54, 1.807) is 25.1 Å². The Morgan fingerprint density at radius 3 is 2.50 bits per heavy atom. The first-order chi connectivity index (χ1) is 13.3. The molecule has 3 rings (SSSR count). The number of aromatic nitrogens is 2. The minimum absolute atomic E-state index is 0.107. The summed E-state index contributed by atoms with van der Waals surface area (Å²) in [4.78, 5) is 20.1. The minimum Gasteiger partial charge on any atom is -0.346 e. The predicted molar refractivity (Wildman–Crippen MR) is 105 cm³/mol. The zero-order valence-corrected chi connectivity index (χ0v) is 16.2. The van der Waals surface area contributed by atoms with E-state index in [0.717, 1.165) is 0 Å². The van der Waals surface area contributed by atoms with Gasteiger partial charge in [0.2, 0.25) is 0 Å². The van der Waals surface area contributed by atoms with Gasteiger partial charge >= 0.3 is 0 Å². The lowest BCUT2D eigenvalue weighted by Crippen LogP contribution is -2.35. The summed E-state index contributed by atoms with van der Waals surface area (Å²) in [7, 11) is 0. The zero-order valence-electron chi connectivity index (χ0n) is 14.7. The van der Waals surface area contributed by atoms with Crippen LogP contribution in [0.15, 0.2) is 54.9 Å². The number of amides is 1. The number of carbonyl (C=O) groups is 1. The van der Waals surface area contributed by atoms with Gasteiger partial charge in [0.15, 0.2) is 0 Å². The van der Waals surface area contributed by atoms with Gasteiger partial charge in [-0.3, -0.25) is 9.78 Å². The quantitative estimate of drug-likeness (QED) is 0.570. The Bertz CT molecular complexity index is 1010. The highest BCUT2D eigenvalue weighted by Crippen LogP contribution is 2.35. The normalized spacial score (nSPS) is 11.3. The van der Waals surface area contributed by atoms with Crippen LogP contribution in [0, 0.1) is 6.92 Å². The lowest BCUT2D eigenvalue weighted by atomic mass is 10.0. The summed E-state index contributed by atoms with van der Waals surface area (Å²) in [5.74, 6) is -3.97. The van der Waals surface area contributed by atoms with Gasteiger partial charge in [0.25, 0.3) is 11.8 Å². The average molecular weight is 422 g/mol. The van der Waals surface area contributed by atoms with Crippen LogP contribution in [-0.2, 0) is 5.92 Å². The molecule has 144 valence electrons. The van der Waals surface area contributed by atoms with Crippen molar-refractivity contribution < 1.29 is 13.6 Å². The third-order valence-corrected chi connectivity index (χ3v) is 4.68. The van der Waals surface area contributed by atoms with Gasteiger partial charge < -0.3 is 5.32 Å². The van der Waals surface area contributed by atoms with E-state index in [9.17, 15) is 13.6 Å². The maximum atomic E-state index is 14.6. The summed E-state index contributed by atoms with van der Waals surface area (Å²) >= 11 is 11.9. The molecule has 28 heavy (non-hydrogen) atoms. The number of hydrogen-bond acceptors (Lipinski definition) is 3. The molecule has 1 aromatic carbocycles. The molecule has 0 unspecified atom stereocenters. The molecule has 0 spiro atoms. The number of alkyl halides is 2. The van der Waals surface area contributed by atoms with Crippen LogP contribution in [0.5, 0.6) is 0 Å². The molecule has 0 aliphatic heterocycles. The number of halogens is 4. The lowest BCUT2D eigenvalue weighted by Gasteiger charge is -2.19. The van der Waals surface area contributed by atoms with Gasteiger partial charge in [-0.1, -0.05) is 35.3 Å². The van der Waals surface area contributed by atoms with Crippen LogP contribution < -0.4 is 5.32 Å². The minimum atomic E-state index is -3.35. The molecule has 0 radical (unpaired) electrons. The van der Waals surface area contributed by atoms with Crippen LogP contribution in [0.25, 0.3) is 11.1 Å². The van der Waals surface area contributed by atoms with Gasteiger partial charge in [0.1, 0.15) is 5.15 Å². The Hall–Kier alpha value is -2.57. The summed E-state index contributed by atoms with van der Waals surface area (Å²) in [6, 6.07) is 10.6. The van der Waals surface area contributed by atoms with E-state index >= 15 is 0 Å². The molecule has 0 bridgehead atoms. The van der Waals surface area contributed by atoms with Crippen molar-refractivity contribution in [2.75, 3.05) is 6.54 Å². The molecule has 0 fully saturated rings. The van der Waals surface area contributed by atoms with Gasteiger partial charge in [0.05, 0.1) is 17.1 Å². The number of nitrogens with one attached hydrogen (secondary N) is 1. The number of hydrogen-bond donors (Lipinski definition) is 1. The highest BCUT2D eigenvalue weighted by molar-refractivity contribution is 6.31. The molecule has 1 N–H and O–H groups in total. The molecule has 8 heteroatoms. The third kappa shape index (κ3) is 4.46. The molecule has 0 saturated carbocycles. The van der Waals surface area contributed by atoms with E-state index in [-0.39, 0.29) is 16.1 Å². The number of pyridine rings is 2. The Morgan fingerprint density at radius 1 is 1.11 bits per heavy atom. The summed E-state index contributed by atoms with van der Waals surface area (Å²) in [5, 5.41) is 2.47. The number of nitrogens with zero attached hydrogens (tertiary/aromatic N) is 2. The van der Waals surface area contributed by atoms with Crippen molar-refractivity contribution in [3.63, 3.8) is 0 Å². The average Bonchev–Trinajstić information content (AvgIpc) is 2.67. The fourth-order valence-corrected chi connectivity index (χ4v) is 3.07. The van der Waals surface area contributed by atoms with E-state index in [1.807, 2.05) is 0 Å². The third-order valence-electron chi connectivity index (χ3n) is 4.15. The van der Waals surface area contributed by atoms with Crippen LogP contribution in [-0.4, -0.2) is 22.4 Å². The van der Waals surface area contributed by atoms with Crippen LogP contribution in [0.1, 0.15) is 21.6 Å². The molecule has 0 aliphatic carbocycles. The molecule has 0 atom stereocenters. The van der Waals surface area contributed by atoms with Crippen LogP contribution in [0.2, 0.25) is 10.2 Å². The zero-order chi connectivity index (χ0) is 20.3. The summed E-state index contributed by atoms with van der Waals surface area (Å²) in [6.45, 7) is 0.746.